The van der Waals surface area contributed by atoms with Crippen molar-refractivity contribution in [2.75, 3.05) is 13.1 Å². The Hall–Kier alpha value is -3.63. The number of nitrogens with zero attached hydrogens (tertiary/aromatic N) is 2. The van der Waals surface area contributed by atoms with Gasteiger partial charge in [0, 0.05) is 19.3 Å². The molecule has 0 spiro atoms. The molecule has 0 fully saturated rings. The monoisotopic (exact) mass is 452 g/mol. The lowest BCUT2D eigenvalue weighted by Gasteiger charge is -2.18. The molecular weight excluding hydrogens is 420 g/mol. The van der Waals surface area contributed by atoms with Gasteiger partial charge in [0.2, 0.25) is 0 Å². The maximum absolute atomic E-state index is 13.0. The summed E-state index contributed by atoms with van der Waals surface area (Å²) in [7, 11) is 0. The Bertz CT molecular complexity index is 1230. The number of ether oxygens (including phenoxy) is 1. The number of pyridine rings is 1. The van der Waals surface area contributed by atoms with Gasteiger partial charge < -0.3 is 9.30 Å². The van der Waals surface area contributed by atoms with Gasteiger partial charge in [0.25, 0.3) is 5.56 Å². The van der Waals surface area contributed by atoms with Crippen LogP contribution in [0.1, 0.15) is 25.0 Å². The first-order valence-electron chi connectivity index (χ1n) is 12.0. The Morgan fingerprint density at radius 2 is 1.38 bits per heavy atom. The number of hydrogen-bond acceptors (Lipinski definition) is 3. The van der Waals surface area contributed by atoms with E-state index in [4.69, 9.17) is 4.74 Å². The first-order chi connectivity index (χ1) is 16.7. The highest BCUT2D eigenvalue weighted by molar-refractivity contribution is 5.64. The molecule has 0 aliphatic heterocycles. The number of aryl methyl sites for hydroxylation is 2. The van der Waals surface area contributed by atoms with Crippen LogP contribution >= 0.6 is 0 Å². The van der Waals surface area contributed by atoms with Gasteiger partial charge in [-0.25, -0.2) is 0 Å². The Labute approximate surface area is 202 Å². The van der Waals surface area contributed by atoms with Crippen LogP contribution in [-0.4, -0.2) is 22.6 Å². The average Bonchev–Trinajstić information content (AvgIpc) is 2.89. The number of hydrogen-bond donors (Lipinski definition) is 0. The average molecular weight is 453 g/mol. The molecule has 0 unspecified atom stereocenters. The summed E-state index contributed by atoms with van der Waals surface area (Å²) in [5, 5.41) is 0. The van der Waals surface area contributed by atoms with Gasteiger partial charge in [-0.1, -0.05) is 80.6 Å². The fourth-order valence-electron chi connectivity index (χ4n) is 4.01. The van der Waals surface area contributed by atoms with Crippen LogP contribution in [0.15, 0.2) is 102 Å². The smallest absolute Gasteiger partial charge is 0.293 e. The van der Waals surface area contributed by atoms with E-state index in [1.807, 2.05) is 54.7 Å². The highest BCUT2D eigenvalue weighted by Gasteiger charge is 2.07. The molecule has 1 aromatic heterocycles. The van der Waals surface area contributed by atoms with E-state index in [-0.39, 0.29) is 5.56 Å². The van der Waals surface area contributed by atoms with E-state index in [0.717, 1.165) is 37.2 Å². The van der Waals surface area contributed by atoms with E-state index < -0.39 is 0 Å². The SMILES string of the molecule is CCN(CC)Cc1ccc(CCn2cccc(Oc3ccc(-c4ccccc4)cc3)c2=O)cc1. The van der Waals surface area contributed by atoms with Crippen LogP contribution in [-0.2, 0) is 19.5 Å². The number of benzene rings is 3. The normalized spacial score (nSPS) is 11.0. The molecule has 4 heteroatoms. The molecule has 4 aromatic rings. The van der Waals surface area contributed by atoms with Crippen LogP contribution < -0.4 is 10.3 Å². The summed E-state index contributed by atoms with van der Waals surface area (Å²) in [5.74, 6) is 0.989. The molecule has 174 valence electrons. The van der Waals surface area contributed by atoms with Crippen LogP contribution in [0.3, 0.4) is 0 Å². The largest absolute Gasteiger partial charge is 0.452 e. The van der Waals surface area contributed by atoms with E-state index in [0.29, 0.717) is 18.0 Å². The summed E-state index contributed by atoms with van der Waals surface area (Å²) in [5.41, 5.74) is 4.68. The molecule has 0 saturated carbocycles. The standard InChI is InChI=1S/C30H32N2O2/c1-3-31(4-2)23-25-14-12-24(13-15-25)20-22-32-21-8-11-29(30(32)33)34-28-18-16-27(17-19-28)26-9-6-5-7-10-26/h5-19,21H,3-4,20,22-23H2,1-2H3. The highest BCUT2D eigenvalue weighted by Crippen LogP contribution is 2.24. The summed E-state index contributed by atoms with van der Waals surface area (Å²) in [6.45, 7) is 8.06. The van der Waals surface area contributed by atoms with Crippen LogP contribution in [0.25, 0.3) is 11.1 Å². The summed E-state index contributed by atoms with van der Waals surface area (Å²) in [4.78, 5) is 15.4. The molecule has 0 saturated heterocycles. The Morgan fingerprint density at radius 1 is 0.735 bits per heavy atom. The van der Waals surface area contributed by atoms with Crippen LogP contribution in [0.5, 0.6) is 11.5 Å². The maximum atomic E-state index is 13.0. The Balaban J connectivity index is 1.39. The van der Waals surface area contributed by atoms with Crippen molar-refractivity contribution in [2.24, 2.45) is 0 Å². The molecule has 0 N–H and O–H groups in total. The van der Waals surface area contributed by atoms with Gasteiger partial charge in [0.15, 0.2) is 5.75 Å². The summed E-state index contributed by atoms with van der Waals surface area (Å²) in [6.07, 6.45) is 2.61. The zero-order valence-corrected chi connectivity index (χ0v) is 20.0. The quantitative estimate of drug-likeness (QED) is 0.279. The van der Waals surface area contributed by atoms with E-state index in [2.05, 4.69) is 55.1 Å². The van der Waals surface area contributed by atoms with Crippen LogP contribution in [0, 0.1) is 0 Å². The molecule has 4 rings (SSSR count). The second-order valence-corrected chi connectivity index (χ2v) is 8.39. The van der Waals surface area contributed by atoms with Crippen LogP contribution in [0.2, 0.25) is 0 Å². The van der Waals surface area contributed by atoms with Crippen LogP contribution in [0.4, 0.5) is 0 Å². The molecular formula is C30H32N2O2. The molecule has 0 aliphatic carbocycles. The summed E-state index contributed by atoms with van der Waals surface area (Å²) in [6, 6.07) is 30.3. The zero-order valence-electron chi connectivity index (χ0n) is 20.0. The lowest BCUT2D eigenvalue weighted by Crippen LogP contribution is -2.22. The zero-order chi connectivity index (χ0) is 23.8. The van der Waals surface area contributed by atoms with E-state index in [1.54, 1.807) is 10.6 Å². The van der Waals surface area contributed by atoms with Crippen molar-refractivity contribution < 1.29 is 4.74 Å². The Kier molecular flexibility index (Phi) is 7.95. The predicted octanol–water partition coefficient (Wildman–Crippen LogP) is 6.39. The fourth-order valence-corrected chi connectivity index (χ4v) is 4.01. The van der Waals surface area contributed by atoms with Crippen molar-refractivity contribution in [1.82, 2.24) is 9.47 Å². The van der Waals surface area contributed by atoms with Gasteiger partial charge in [0.1, 0.15) is 5.75 Å². The molecule has 3 aromatic carbocycles. The number of rotatable bonds is 10. The summed E-state index contributed by atoms with van der Waals surface area (Å²) < 4.78 is 7.65. The first-order valence-corrected chi connectivity index (χ1v) is 12.0. The first kappa shape index (κ1) is 23.5. The van der Waals surface area contributed by atoms with Crippen molar-refractivity contribution in [2.45, 2.75) is 33.4 Å². The molecule has 0 radical (unpaired) electrons. The van der Waals surface area contributed by atoms with E-state index in [1.165, 1.54) is 11.1 Å². The molecule has 1 heterocycles. The van der Waals surface area contributed by atoms with Gasteiger partial charge >= 0.3 is 0 Å². The fraction of sp³-hybridized carbons (Fsp3) is 0.233. The predicted molar refractivity (Wildman–Crippen MR) is 139 cm³/mol. The highest BCUT2D eigenvalue weighted by atomic mass is 16.5. The maximum Gasteiger partial charge on any atom is 0.293 e. The van der Waals surface area contributed by atoms with Crippen molar-refractivity contribution >= 4 is 0 Å². The second kappa shape index (κ2) is 11.5. The molecule has 34 heavy (non-hydrogen) atoms. The van der Waals surface area contributed by atoms with Gasteiger partial charge in [-0.3, -0.25) is 9.69 Å². The molecule has 0 amide bonds. The minimum Gasteiger partial charge on any atom is -0.452 e. The summed E-state index contributed by atoms with van der Waals surface area (Å²) >= 11 is 0. The molecule has 0 aliphatic rings. The molecule has 0 atom stereocenters. The number of aromatic nitrogens is 1. The van der Waals surface area contributed by atoms with Gasteiger partial charge in [-0.15, -0.1) is 0 Å². The van der Waals surface area contributed by atoms with Crippen molar-refractivity contribution in [3.05, 3.63) is 119 Å². The van der Waals surface area contributed by atoms with Crippen molar-refractivity contribution in [3.63, 3.8) is 0 Å². The molecule has 0 bridgehead atoms. The Morgan fingerprint density at radius 3 is 2.06 bits per heavy atom. The lowest BCUT2D eigenvalue weighted by molar-refractivity contribution is 0.296. The van der Waals surface area contributed by atoms with Crippen molar-refractivity contribution in [3.8, 4) is 22.6 Å². The van der Waals surface area contributed by atoms with E-state index in [9.17, 15) is 4.79 Å². The third kappa shape index (κ3) is 6.03. The minimum absolute atomic E-state index is 0.118. The lowest BCUT2D eigenvalue weighted by atomic mass is 10.1. The van der Waals surface area contributed by atoms with Gasteiger partial charge in [-0.05, 0) is 66.0 Å². The third-order valence-corrected chi connectivity index (χ3v) is 6.14. The topological polar surface area (TPSA) is 34.5 Å². The minimum atomic E-state index is -0.118. The van der Waals surface area contributed by atoms with Gasteiger partial charge in [-0.2, -0.15) is 0 Å². The second-order valence-electron chi connectivity index (χ2n) is 8.39. The third-order valence-electron chi connectivity index (χ3n) is 6.14. The van der Waals surface area contributed by atoms with E-state index >= 15 is 0 Å². The van der Waals surface area contributed by atoms with Crippen molar-refractivity contribution in [1.29, 1.82) is 0 Å². The molecule has 4 nitrogen and oxygen atoms in total. The van der Waals surface area contributed by atoms with Gasteiger partial charge in [0.05, 0.1) is 0 Å².